The smallest absolute Gasteiger partial charge is 0.204 e. The van der Waals surface area contributed by atoms with Gasteiger partial charge in [0.2, 0.25) is 5.69 Å². The highest BCUT2D eigenvalue weighted by molar-refractivity contribution is 6.08. The van der Waals surface area contributed by atoms with Crippen LogP contribution in [0.1, 0.15) is 10.4 Å². The summed E-state index contributed by atoms with van der Waals surface area (Å²) in [6.45, 7) is 7.49. The SMILES string of the molecule is [C-]#[N+]c1c(-c2ccnn2C)c(C=O)cc2ccccc12. The summed E-state index contributed by atoms with van der Waals surface area (Å²) in [6.07, 6.45) is 2.45. The van der Waals surface area contributed by atoms with Crippen molar-refractivity contribution in [1.29, 1.82) is 0 Å². The van der Waals surface area contributed by atoms with E-state index in [9.17, 15) is 4.79 Å². The van der Waals surface area contributed by atoms with Crippen molar-refractivity contribution in [3.8, 4) is 11.3 Å². The van der Waals surface area contributed by atoms with Gasteiger partial charge in [-0.25, -0.2) is 4.85 Å². The summed E-state index contributed by atoms with van der Waals surface area (Å²) in [6, 6.07) is 11.2. The van der Waals surface area contributed by atoms with Gasteiger partial charge in [0.1, 0.15) is 6.29 Å². The van der Waals surface area contributed by atoms with Crippen molar-refractivity contribution in [2.45, 2.75) is 0 Å². The van der Waals surface area contributed by atoms with E-state index in [4.69, 9.17) is 6.57 Å². The molecule has 0 radical (unpaired) electrons. The Morgan fingerprint density at radius 3 is 2.75 bits per heavy atom. The largest absolute Gasteiger partial charge is 0.298 e. The number of benzene rings is 2. The van der Waals surface area contributed by atoms with E-state index in [1.54, 1.807) is 17.9 Å². The van der Waals surface area contributed by atoms with Crippen LogP contribution in [0.5, 0.6) is 0 Å². The Bertz CT molecular complexity index is 856. The number of fused-ring (bicyclic) bond motifs is 1. The van der Waals surface area contributed by atoms with Crippen molar-refractivity contribution < 1.29 is 4.79 Å². The van der Waals surface area contributed by atoms with E-state index < -0.39 is 0 Å². The van der Waals surface area contributed by atoms with E-state index in [1.165, 1.54) is 0 Å². The first-order valence-electron chi connectivity index (χ1n) is 6.13. The second-order valence-electron chi connectivity index (χ2n) is 4.48. The molecule has 0 atom stereocenters. The summed E-state index contributed by atoms with van der Waals surface area (Å²) in [7, 11) is 1.80. The number of aryl methyl sites for hydroxylation is 1. The lowest BCUT2D eigenvalue weighted by Gasteiger charge is -2.11. The topological polar surface area (TPSA) is 39.2 Å². The van der Waals surface area contributed by atoms with Gasteiger partial charge in [0, 0.05) is 24.4 Å². The molecule has 0 fully saturated rings. The van der Waals surface area contributed by atoms with Crippen LogP contribution in [0, 0.1) is 6.57 Å². The first kappa shape index (κ1) is 12.1. The van der Waals surface area contributed by atoms with Crippen LogP contribution in [0.2, 0.25) is 0 Å². The first-order chi connectivity index (χ1) is 9.76. The zero-order valence-electron chi connectivity index (χ0n) is 10.9. The van der Waals surface area contributed by atoms with Crippen LogP contribution in [0.25, 0.3) is 26.9 Å². The number of aromatic nitrogens is 2. The van der Waals surface area contributed by atoms with Gasteiger partial charge in [-0.3, -0.25) is 9.48 Å². The number of aldehydes is 1. The molecule has 0 aliphatic rings. The molecule has 0 spiro atoms. The first-order valence-corrected chi connectivity index (χ1v) is 6.13. The third kappa shape index (κ3) is 1.69. The molecule has 0 bridgehead atoms. The van der Waals surface area contributed by atoms with Gasteiger partial charge in [0.15, 0.2) is 0 Å². The van der Waals surface area contributed by atoms with E-state index in [2.05, 4.69) is 9.94 Å². The lowest BCUT2D eigenvalue weighted by molar-refractivity contribution is 0.112. The van der Waals surface area contributed by atoms with Crippen LogP contribution in [0.4, 0.5) is 5.69 Å². The fourth-order valence-corrected chi connectivity index (χ4v) is 2.45. The molecule has 1 heterocycles. The molecule has 20 heavy (non-hydrogen) atoms. The zero-order chi connectivity index (χ0) is 14.1. The third-order valence-electron chi connectivity index (χ3n) is 3.37. The maximum absolute atomic E-state index is 11.4. The van der Waals surface area contributed by atoms with E-state index in [-0.39, 0.29) is 0 Å². The Kier molecular flexibility index (Phi) is 2.81. The van der Waals surface area contributed by atoms with Crippen molar-refractivity contribution in [2.75, 3.05) is 0 Å². The van der Waals surface area contributed by atoms with Gasteiger partial charge >= 0.3 is 0 Å². The molecule has 3 rings (SSSR count). The van der Waals surface area contributed by atoms with Crippen molar-refractivity contribution >= 4 is 22.7 Å². The summed E-state index contributed by atoms with van der Waals surface area (Å²) in [5.74, 6) is 0. The molecular formula is C16H11N3O. The van der Waals surface area contributed by atoms with Crippen LogP contribution < -0.4 is 0 Å². The second kappa shape index (κ2) is 4.63. The second-order valence-corrected chi connectivity index (χ2v) is 4.48. The molecule has 0 amide bonds. The number of nitrogens with zero attached hydrogens (tertiary/aromatic N) is 3. The van der Waals surface area contributed by atoms with Gasteiger partial charge in [-0.15, -0.1) is 0 Å². The monoisotopic (exact) mass is 261 g/mol. The molecule has 4 nitrogen and oxygen atoms in total. The Morgan fingerprint density at radius 2 is 2.10 bits per heavy atom. The quantitative estimate of drug-likeness (QED) is 0.522. The lowest BCUT2D eigenvalue weighted by atomic mass is 9.96. The lowest BCUT2D eigenvalue weighted by Crippen LogP contribution is -1.97. The number of carbonyl (C=O) groups is 1. The molecule has 1 aromatic heterocycles. The molecule has 0 unspecified atom stereocenters. The van der Waals surface area contributed by atoms with Crippen molar-refractivity contribution in [3.63, 3.8) is 0 Å². The van der Waals surface area contributed by atoms with Crippen molar-refractivity contribution in [3.05, 3.63) is 59.6 Å². The highest BCUT2D eigenvalue weighted by atomic mass is 16.1. The summed E-state index contributed by atoms with van der Waals surface area (Å²) in [4.78, 5) is 15.1. The van der Waals surface area contributed by atoms with Crippen molar-refractivity contribution in [1.82, 2.24) is 9.78 Å². The third-order valence-corrected chi connectivity index (χ3v) is 3.37. The summed E-state index contributed by atoms with van der Waals surface area (Å²) < 4.78 is 1.67. The number of hydrogen-bond acceptors (Lipinski definition) is 2. The number of rotatable bonds is 2. The summed E-state index contributed by atoms with van der Waals surface area (Å²) in [5.41, 5.74) is 2.42. The normalized spacial score (nSPS) is 10.4. The van der Waals surface area contributed by atoms with Crippen LogP contribution in [0.15, 0.2) is 42.6 Å². The minimum absolute atomic E-state index is 0.494. The predicted molar refractivity (Wildman–Crippen MR) is 77.8 cm³/mol. The van der Waals surface area contributed by atoms with Gasteiger partial charge in [-0.05, 0) is 22.9 Å². The average Bonchev–Trinajstić information content (AvgIpc) is 2.90. The molecule has 2 aromatic carbocycles. The van der Waals surface area contributed by atoms with Gasteiger partial charge in [0.05, 0.1) is 12.3 Å². The predicted octanol–water partition coefficient (Wildman–Crippen LogP) is 3.60. The maximum Gasteiger partial charge on any atom is 0.204 e. The van der Waals surface area contributed by atoms with Crippen LogP contribution in [-0.4, -0.2) is 16.1 Å². The molecule has 96 valence electrons. The fourth-order valence-electron chi connectivity index (χ4n) is 2.45. The van der Waals surface area contributed by atoms with Crippen molar-refractivity contribution in [2.24, 2.45) is 7.05 Å². The minimum Gasteiger partial charge on any atom is -0.298 e. The number of carbonyl (C=O) groups excluding carboxylic acids is 1. The minimum atomic E-state index is 0.494. The highest BCUT2D eigenvalue weighted by Gasteiger charge is 2.17. The van der Waals surface area contributed by atoms with E-state index in [1.807, 2.05) is 36.4 Å². The fraction of sp³-hybridized carbons (Fsp3) is 0.0625. The maximum atomic E-state index is 11.4. The van der Waals surface area contributed by atoms with Gasteiger partial charge in [-0.2, -0.15) is 5.10 Å². The highest BCUT2D eigenvalue weighted by Crippen LogP contribution is 2.39. The van der Waals surface area contributed by atoms with E-state index in [0.29, 0.717) is 16.8 Å². The van der Waals surface area contributed by atoms with Gasteiger partial charge < -0.3 is 0 Å². The molecule has 4 heteroatoms. The van der Waals surface area contributed by atoms with Crippen LogP contribution in [0.3, 0.4) is 0 Å². The molecule has 0 aliphatic carbocycles. The van der Waals surface area contributed by atoms with Crippen LogP contribution >= 0.6 is 0 Å². The molecule has 0 saturated carbocycles. The Hall–Kier alpha value is -2.93. The summed E-state index contributed by atoms with van der Waals surface area (Å²) >= 11 is 0. The van der Waals surface area contributed by atoms with E-state index in [0.717, 1.165) is 22.8 Å². The van der Waals surface area contributed by atoms with Gasteiger partial charge in [0.25, 0.3) is 0 Å². The zero-order valence-corrected chi connectivity index (χ0v) is 10.9. The molecule has 0 aliphatic heterocycles. The molecule has 0 saturated heterocycles. The van der Waals surface area contributed by atoms with E-state index >= 15 is 0 Å². The van der Waals surface area contributed by atoms with Gasteiger partial charge in [-0.1, -0.05) is 24.3 Å². The number of hydrogen-bond donors (Lipinski definition) is 0. The Labute approximate surface area is 116 Å². The Morgan fingerprint density at radius 1 is 1.30 bits per heavy atom. The summed E-state index contributed by atoms with van der Waals surface area (Å²) in [5, 5.41) is 5.87. The standard InChI is InChI=1S/C16H11N3O/c1-17-16-13-6-4-3-5-11(13)9-12(10-20)15(16)14-7-8-18-19(14)2/h3-10H,2H3. The average molecular weight is 261 g/mol. The Balaban J connectivity index is 2.50. The molecular weight excluding hydrogens is 250 g/mol. The van der Waals surface area contributed by atoms with Crippen LogP contribution in [-0.2, 0) is 7.05 Å². The molecule has 0 N–H and O–H groups in total. The molecule has 3 aromatic rings.